The number of benzene rings is 2. The van der Waals surface area contributed by atoms with Gasteiger partial charge in [0.2, 0.25) is 11.8 Å². The number of hydrogen-bond acceptors (Lipinski definition) is 5. The molecule has 1 N–H and O–H groups in total. The topological polar surface area (TPSA) is 88.2 Å². The fourth-order valence-corrected chi connectivity index (χ4v) is 3.90. The number of rotatable bonds is 4. The molecule has 4 rings (SSSR count). The second-order valence-corrected chi connectivity index (χ2v) is 7.87. The normalized spacial score (nSPS) is 20.7. The standard InChI is InChI=1S/C22H22ClN3O5/c1-30-16-6-2-14(3-7-16)12-18-21(28)26-11-10-25(13-19(26)20(27)24-18)22(29)31-17-8-4-15(23)5-9-17/h2-9,18-19H,10-13H2,1H3,(H,24,27)/t18-,19+/m0/s1. The van der Waals surface area contributed by atoms with Gasteiger partial charge in [0.1, 0.15) is 23.6 Å². The average molecular weight is 444 g/mol. The van der Waals surface area contributed by atoms with Gasteiger partial charge < -0.3 is 24.6 Å². The molecule has 0 aliphatic carbocycles. The van der Waals surface area contributed by atoms with Crippen LogP contribution in [-0.2, 0) is 16.0 Å². The molecule has 8 nitrogen and oxygen atoms in total. The number of methoxy groups -OCH3 is 1. The van der Waals surface area contributed by atoms with E-state index in [1.807, 2.05) is 24.3 Å². The summed E-state index contributed by atoms with van der Waals surface area (Å²) in [6.07, 6.45) is -0.178. The Morgan fingerprint density at radius 1 is 1.06 bits per heavy atom. The number of fused-ring (bicyclic) bond motifs is 1. The minimum atomic E-state index is -0.730. The summed E-state index contributed by atoms with van der Waals surface area (Å²) in [6.45, 7) is 0.641. The molecule has 162 valence electrons. The summed E-state index contributed by atoms with van der Waals surface area (Å²) in [5.41, 5.74) is 0.920. The van der Waals surface area contributed by atoms with Gasteiger partial charge in [-0.2, -0.15) is 0 Å². The van der Waals surface area contributed by atoms with E-state index in [1.165, 1.54) is 4.90 Å². The molecule has 3 amide bonds. The zero-order valence-electron chi connectivity index (χ0n) is 16.9. The molecule has 2 saturated heterocycles. The predicted molar refractivity (Wildman–Crippen MR) is 113 cm³/mol. The van der Waals surface area contributed by atoms with Gasteiger partial charge in [-0.25, -0.2) is 4.79 Å². The first kappa shape index (κ1) is 21.0. The van der Waals surface area contributed by atoms with Crippen molar-refractivity contribution in [3.63, 3.8) is 0 Å². The largest absolute Gasteiger partial charge is 0.497 e. The van der Waals surface area contributed by atoms with Crippen LogP contribution in [0.2, 0.25) is 5.02 Å². The number of nitrogens with zero attached hydrogens (tertiary/aromatic N) is 2. The molecule has 0 bridgehead atoms. The summed E-state index contributed by atoms with van der Waals surface area (Å²) in [7, 11) is 1.59. The second kappa shape index (κ2) is 8.85. The molecule has 2 aromatic rings. The number of piperazine rings is 2. The van der Waals surface area contributed by atoms with Crippen LogP contribution in [0.3, 0.4) is 0 Å². The highest BCUT2D eigenvalue weighted by Crippen LogP contribution is 2.21. The van der Waals surface area contributed by atoms with Crippen LogP contribution in [0.1, 0.15) is 5.56 Å². The fraction of sp³-hybridized carbons (Fsp3) is 0.318. The molecule has 2 aromatic carbocycles. The Labute approximate surface area is 184 Å². The number of halogens is 1. The summed E-state index contributed by atoms with van der Waals surface area (Å²) in [5.74, 6) is 0.665. The number of ether oxygens (including phenoxy) is 2. The van der Waals surface area contributed by atoms with Gasteiger partial charge >= 0.3 is 6.09 Å². The number of amides is 3. The first-order valence-corrected chi connectivity index (χ1v) is 10.3. The Morgan fingerprint density at radius 3 is 2.42 bits per heavy atom. The van der Waals surface area contributed by atoms with Crippen LogP contribution in [0.15, 0.2) is 48.5 Å². The molecule has 0 saturated carbocycles. The van der Waals surface area contributed by atoms with Crippen molar-refractivity contribution in [2.75, 3.05) is 26.7 Å². The summed E-state index contributed by atoms with van der Waals surface area (Å²) in [5, 5.41) is 3.34. The van der Waals surface area contributed by atoms with Crippen LogP contribution in [0, 0.1) is 0 Å². The molecule has 0 spiro atoms. The molecule has 9 heteroatoms. The highest BCUT2D eigenvalue weighted by molar-refractivity contribution is 6.30. The third-order valence-corrected chi connectivity index (χ3v) is 5.71. The Hall–Kier alpha value is -3.26. The van der Waals surface area contributed by atoms with Gasteiger partial charge in [0.15, 0.2) is 0 Å². The molecule has 0 aromatic heterocycles. The van der Waals surface area contributed by atoms with Gasteiger partial charge in [-0.15, -0.1) is 0 Å². The predicted octanol–water partition coefficient (Wildman–Crippen LogP) is 2.10. The monoisotopic (exact) mass is 443 g/mol. The molecule has 0 unspecified atom stereocenters. The van der Waals surface area contributed by atoms with Crippen LogP contribution >= 0.6 is 11.6 Å². The summed E-state index contributed by atoms with van der Waals surface area (Å²) in [4.78, 5) is 41.2. The van der Waals surface area contributed by atoms with Gasteiger partial charge in [-0.1, -0.05) is 23.7 Å². The van der Waals surface area contributed by atoms with Gasteiger partial charge in [-0.3, -0.25) is 9.59 Å². The smallest absolute Gasteiger partial charge is 0.415 e. The van der Waals surface area contributed by atoms with Crippen molar-refractivity contribution in [1.29, 1.82) is 0 Å². The highest BCUT2D eigenvalue weighted by atomic mass is 35.5. The lowest BCUT2D eigenvalue weighted by Gasteiger charge is -2.44. The van der Waals surface area contributed by atoms with Crippen LogP contribution in [-0.4, -0.2) is 66.5 Å². The van der Waals surface area contributed by atoms with Gasteiger partial charge in [0, 0.05) is 24.5 Å². The molecule has 2 atom stereocenters. The summed E-state index contributed by atoms with van der Waals surface area (Å²) >= 11 is 5.84. The lowest BCUT2D eigenvalue weighted by atomic mass is 9.98. The minimum Gasteiger partial charge on any atom is -0.497 e. The van der Waals surface area contributed by atoms with E-state index in [0.29, 0.717) is 17.2 Å². The first-order valence-electron chi connectivity index (χ1n) is 9.90. The van der Waals surface area contributed by atoms with Crippen molar-refractivity contribution in [2.24, 2.45) is 0 Å². The summed E-state index contributed by atoms with van der Waals surface area (Å²) < 4.78 is 10.5. The lowest BCUT2D eigenvalue weighted by Crippen LogP contribution is -2.70. The van der Waals surface area contributed by atoms with E-state index in [2.05, 4.69) is 5.32 Å². The molecule has 2 aliphatic rings. The molecule has 2 aliphatic heterocycles. The average Bonchev–Trinajstić information content (AvgIpc) is 2.79. The van der Waals surface area contributed by atoms with E-state index in [9.17, 15) is 14.4 Å². The SMILES string of the molecule is COc1ccc(C[C@@H]2NC(=O)[C@H]3CN(C(=O)Oc4ccc(Cl)cc4)CCN3C2=O)cc1. The van der Waals surface area contributed by atoms with Gasteiger partial charge in [-0.05, 0) is 42.0 Å². The van der Waals surface area contributed by atoms with E-state index in [1.54, 1.807) is 36.3 Å². The number of nitrogens with one attached hydrogen (secondary N) is 1. The maximum atomic E-state index is 13.0. The molecule has 2 fully saturated rings. The first-order chi connectivity index (χ1) is 14.9. The molecule has 31 heavy (non-hydrogen) atoms. The van der Waals surface area contributed by atoms with Crippen molar-refractivity contribution in [2.45, 2.75) is 18.5 Å². The van der Waals surface area contributed by atoms with Crippen molar-refractivity contribution >= 4 is 29.5 Å². The second-order valence-electron chi connectivity index (χ2n) is 7.43. The Bertz CT molecular complexity index is 980. The van der Waals surface area contributed by atoms with Crippen molar-refractivity contribution < 1.29 is 23.9 Å². The van der Waals surface area contributed by atoms with Crippen molar-refractivity contribution in [3.8, 4) is 11.5 Å². The maximum absolute atomic E-state index is 13.0. The van der Waals surface area contributed by atoms with Gasteiger partial charge in [0.25, 0.3) is 0 Å². The van der Waals surface area contributed by atoms with E-state index in [-0.39, 0.29) is 31.4 Å². The number of hydrogen-bond donors (Lipinski definition) is 1. The van der Waals surface area contributed by atoms with Crippen LogP contribution in [0.25, 0.3) is 0 Å². The molecule has 0 radical (unpaired) electrons. The van der Waals surface area contributed by atoms with Crippen molar-refractivity contribution in [1.82, 2.24) is 15.1 Å². The Morgan fingerprint density at radius 2 is 1.74 bits per heavy atom. The third-order valence-electron chi connectivity index (χ3n) is 5.46. The van der Waals surface area contributed by atoms with E-state index in [0.717, 1.165) is 11.3 Å². The quantitative estimate of drug-likeness (QED) is 0.781. The van der Waals surface area contributed by atoms with Crippen LogP contribution in [0.5, 0.6) is 11.5 Å². The van der Waals surface area contributed by atoms with Gasteiger partial charge in [0.05, 0.1) is 13.7 Å². The maximum Gasteiger partial charge on any atom is 0.415 e. The van der Waals surface area contributed by atoms with E-state index < -0.39 is 18.2 Å². The highest BCUT2D eigenvalue weighted by Gasteiger charge is 2.44. The van der Waals surface area contributed by atoms with Crippen molar-refractivity contribution in [3.05, 3.63) is 59.1 Å². The van der Waals surface area contributed by atoms with Crippen LogP contribution < -0.4 is 14.8 Å². The zero-order chi connectivity index (χ0) is 22.0. The Kier molecular flexibility index (Phi) is 5.99. The molecular weight excluding hydrogens is 422 g/mol. The number of carbonyl (C=O) groups excluding carboxylic acids is 3. The third kappa shape index (κ3) is 4.59. The summed E-state index contributed by atoms with van der Waals surface area (Å²) in [6, 6.07) is 12.4. The minimum absolute atomic E-state index is 0.0826. The Balaban J connectivity index is 1.38. The zero-order valence-corrected chi connectivity index (χ0v) is 17.7. The molecule has 2 heterocycles. The van der Waals surface area contributed by atoms with E-state index in [4.69, 9.17) is 21.1 Å². The number of carbonyl (C=O) groups is 3. The fourth-order valence-electron chi connectivity index (χ4n) is 3.77. The lowest BCUT2D eigenvalue weighted by molar-refractivity contribution is -0.152. The van der Waals surface area contributed by atoms with Crippen LogP contribution in [0.4, 0.5) is 4.79 Å². The molecular formula is C22H22ClN3O5. The van der Waals surface area contributed by atoms with E-state index >= 15 is 0 Å².